The van der Waals surface area contributed by atoms with Gasteiger partial charge in [0, 0.05) is 32.3 Å². The highest BCUT2D eigenvalue weighted by atomic mass is 19.1. The van der Waals surface area contributed by atoms with E-state index < -0.39 is 11.6 Å². The molecular weight excluding hydrogens is 404 g/mol. The summed E-state index contributed by atoms with van der Waals surface area (Å²) in [6.45, 7) is 5.55. The molecule has 3 aromatic rings. The van der Waals surface area contributed by atoms with Crippen molar-refractivity contribution >= 4 is 11.6 Å². The Bertz CT molecular complexity index is 1070. The lowest BCUT2D eigenvalue weighted by Crippen LogP contribution is -2.48. The van der Waals surface area contributed by atoms with E-state index in [1.165, 1.54) is 23.1 Å². The van der Waals surface area contributed by atoms with Gasteiger partial charge in [0.15, 0.2) is 0 Å². The predicted molar refractivity (Wildman–Crippen MR) is 113 cm³/mol. The maximum Gasteiger partial charge on any atom is 0.246 e. The van der Waals surface area contributed by atoms with Gasteiger partial charge in [-0.1, -0.05) is 0 Å². The number of rotatable bonds is 6. The summed E-state index contributed by atoms with van der Waals surface area (Å²) in [4.78, 5) is 6.62. The zero-order valence-electron chi connectivity index (χ0n) is 17.1. The van der Waals surface area contributed by atoms with Crippen LogP contribution in [0.15, 0.2) is 42.7 Å². The first kappa shape index (κ1) is 19.9. The monoisotopic (exact) mass is 429 g/mol. The van der Waals surface area contributed by atoms with Gasteiger partial charge in [-0.25, -0.2) is 13.5 Å². The lowest BCUT2D eigenvalue weighted by molar-refractivity contribution is -0.0592. The summed E-state index contributed by atoms with van der Waals surface area (Å²) in [5.41, 5.74) is 2.07. The molecule has 1 N–H and O–H groups in total. The molecule has 9 heteroatoms. The zero-order chi connectivity index (χ0) is 21.4. The molecule has 0 unspecified atom stereocenters. The van der Waals surface area contributed by atoms with Gasteiger partial charge in [0.05, 0.1) is 24.9 Å². The molecule has 1 aromatic heterocycles. The number of hydrogen-bond acceptors (Lipinski definition) is 6. The lowest BCUT2D eigenvalue weighted by Gasteiger charge is -2.34. The largest absolute Gasteiger partial charge is 0.489 e. The van der Waals surface area contributed by atoms with Crippen molar-refractivity contribution in [3.05, 3.63) is 59.9 Å². The summed E-state index contributed by atoms with van der Waals surface area (Å²) in [5, 5.41) is 7.40. The van der Waals surface area contributed by atoms with Gasteiger partial charge < -0.3 is 14.8 Å². The molecule has 2 fully saturated rings. The van der Waals surface area contributed by atoms with Gasteiger partial charge in [0.1, 0.15) is 29.8 Å². The Morgan fingerprint density at radius 1 is 1.13 bits per heavy atom. The Kier molecular flexibility index (Phi) is 5.29. The fourth-order valence-electron chi connectivity index (χ4n) is 3.94. The molecule has 7 nitrogen and oxygen atoms in total. The van der Waals surface area contributed by atoms with Gasteiger partial charge >= 0.3 is 0 Å². The number of likely N-dealkylation sites (tertiary alicyclic amines) is 1. The van der Waals surface area contributed by atoms with Crippen molar-refractivity contribution < 1.29 is 19.7 Å². The molecule has 0 spiro atoms. The van der Waals surface area contributed by atoms with E-state index in [1.807, 2.05) is 25.1 Å². The number of aryl methyl sites for hydroxylation is 1. The number of aromatic nitrogens is 3. The SMILES string of the molecule is Cc1cc(Nc2ncn(-c3cc(F)cc(F)c3)n2)cc(O[C@@H]2CCN(C3COC3)C2)c1.[HH]. The average molecular weight is 429 g/mol. The lowest BCUT2D eigenvalue weighted by atomic mass is 10.2. The van der Waals surface area contributed by atoms with E-state index in [0.717, 1.165) is 55.8 Å². The summed E-state index contributed by atoms with van der Waals surface area (Å²) in [7, 11) is 0. The van der Waals surface area contributed by atoms with Gasteiger partial charge in [0.25, 0.3) is 0 Å². The smallest absolute Gasteiger partial charge is 0.246 e. The minimum absolute atomic E-state index is 0. The van der Waals surface area contributed by atoms with Crippen molar-refractivity contribution in [3.63, 3.8) is 0 Å². The third kappa shape index (κ3) is 4.52. The van der Waals surface area contributed by atoms with E-state index in [0.29, 0.717) is 12.0 Å². The summed E-state index contributed by atoms with van der Waals surface area (Å²) >= 11 is 0. The van der Waals surface area contributed by atoms with Crippen molar-refractivity contribution in [2.45, 2.75) is 25.5 Å². The molecule has 5 rings (SSSR count). The molecular formula is C22H25F2N5O2. The van der Waals surface area contributed by atoms with Gasteiger partial charge in [-0.3, -0.25) is 4.90 Å². The minimum Gasteiger partial charge on any atom is -0.489 e. The van der Waals surface area contributed by atoms with Crippen molar-refractivity contribution in [3.8, 4) is 11.4 Å². The Labute approximate surface area is 180 Å². The number of anilines is 2. The summed E-state index contributed by atoms with van der Waals surface area (Å²) in [5.74, 6) is -0.240. The van der Waals surface area contributed by atoms with Crippen molar-refractivity contribution in [2.75, 3.05) is 31.6 Å². The quantitative estimate of drug-likeness (QED) is 0.645. The van der Waals surface area contributed by atoms with E-state index in [1.54, 1.807) is 0 Å². The molecule has 1 atom stereocenters. The minimum atomic E-state index is -0.671. The third-order valence-electron chi connectivity index (χ3n) is 5.53. The van der Waals surface area contributed by atoms with Crippen LogP contribution >= 0.6 is 0 Å². The Morgan fingerprint density at radius 3 is 2.68 bits per heavy atom. The van der Waals surface area contributed by atoms with E-state index in [-0.39, 0.29) is 13.2 Å². The van der Waals surface area contributed by atoms with Crippen LogP contribution in [0.2, 0.25) is 0 Å². The number of nitrogens with zero attached hydrogens (tertiary/aromatic N) is 4. The number of hydrogen-bond donors (Lipinski definition) is 1. The molecule has 0 saturated carbocycles. The van der Waals surface area contributed by atoms with Crippen LogP contribution in [0.5, 0.6) is 5.75 Å². The van der Waals surface area contributed by atoms with E-state index in [9.17, 15) is 8.78 Å². The second-order valence-corrected chi connectivity index (χ2v) is 8.01. The number of halogens is 2. The van der Waals surface area contributed by atoms with Crippen LogP contribution < -0.4 is 10.1 Å². The van der Waals surface area contributed by atoms with Crippen LogP contribution in [0.25, 0.3) is 5.69 Å². The van der Waals surface area contributed by atoms with Crippen molar-refractivity contribution in [2.24, 2.45) is 0 Å². The van der Waals surface area contributed by atoms with Gasteiger partial charge in [-0.05, 0) is 43.2 Å². The molecule has 164 valence electrons. The number of nitrogens with one attached hydrogen (secondary N) is 1. The maximum absolute atomic E-state index is 13.5. The topological polar surface area (TPSA) is 64.4 Å². The third-order valence-corrected chi connectivity index (χ3v) is 5.53. The summed E-state index contributed by atoms with van der Waals surface area (Å²) in [6, 6.07) is 9.60. The molecule has 0 bridgehead atoms. The number of benzene rings is 2. The Balaban J connectivity index is 0.00000245. The number of ether oxygens (including phenoxy) is 2. The molecule has 2 aromatic carbocycles. The highest BCUT2D eigenvalue weighted by Gasteiger charge is 2.33. The maximum atomic E-state index is 13.5. The molecule has 2 saturated heterocycles. The van der Waals surface area contributed by atoms with Crippen LogP contribution in [0.3, 0.4) is 0 Å². The highest BCUT2D eigenvalue weighted by Crippen LogP contribution is 2.27. The highest BCUT2D eigenvalue weighted by molar-refractivity contribution is 5.57. The fraction of sp³-hybridized carbons (Fsp3) is 0.364. The van der Waals surface area contributed by atoms with Gasteiger partial charge in [0.2, 0.25) is 5.95 Å². The molecule has 0 radical (unpaired) electrons. The average Bonchev–Trinajstić information content (AvgIpc) is 3.29. The Morgan fingerprint density at radius 2 is 1.94 bits per heavy atom. The first-order valence-corrected chi connectivity index (χ1v) is 10.3. The predicted octanol–water partition coefficient (Wildman–Crippen LogP) is 3.70. The van der Waals surface area contributed by atoms with Crippen LogP contribution in [-0.2, 0) is 4.74 Å². The van der Waals surface area contributed by atoms with Crippen molar-refractivity contribution in [1.29, 1.82) is 0 Å². The van der Waals surface area contributed by atoms with Crippen molar-refractivity contribution in [1.82, 2.24) is 19.7 Å². The summed E-state index contributed by atoms with van der Waals surface area (Å²) in [6.07, 6.45) is 2.54. The van der Waals surface area contributed by atoms with Crippen LogP contribution in [0.1, 0.15) is 13.4 Å². The second-order valence-electron chi connectivity index (χ2n) is 8.01. The zero-order valence-corrected chi connectivity index (χ0v) is 17.1. The molecule has 3 heterocycles. The van der Waals surface area contributed by atoms with Gasteiger partial charge in [-0.15, -0.1) is 5.10 Å². The molecule has 0 aliphatic carbocycles. The van der Waals surface area contributed by atoms with E-state index in [4.69, 9.17) is 9.47 Å². The summed E-state index contributed by atoms with van der Waals surface area (Å²) < 4.78 is 39.8. The van der Waals surface area contributed by atoms with Crippen LogP contribution in [0.4, 0.5) is 20.4 Å². The Hall–Kier alpha value is -3.04. The normalized spacial score (nSPS) is 19.4. The first-order chi connectivity index (χ1) is 15.0. The molecule has 0 amide bonds. The first-order valence-electron chi connectivity index (χ1n) is 10.3. The fourth-order valence-corrected chi connectivity index (χ4v) is 3.94. The molecule has 2 aliphatic heterocycles. The second kappa shape index (κ2) is 8.24. The van der Waals surface area contributed by atoms with E-state index in [2.05, 4.69) is 20.3 Å². The van der Waals surface area contributed by atoms with E-state index >= 15 is 0 Å². The van der Waals surface area contributed by atoms with Gasteiger partial charge in [-0.2, -0.15) is 4.98 Å². The molecule has 31 heavy (non-hydrogen) atoms. The molecule has 2 aliphatic rings. The van der Waals surface area contributed by atoms with Crippen LogP contribution in [-0.4, -0.2) is 58.1 Å². The van der Waals surface area contributed by atoms with Crippen LogP contribution in [0, 0.1) is 18.6 Å². The standard InChI is InChI=1S/C22H23F2N5O2.H2/c1-14-4-17(9-21(5-14)31-20-2-3-28(10-20)19-11-30-12-19)26-22-25-13-29(27-22)18-7-15(23)6-16(24)8-18;/h4-9,13,19-20H,2-3,10-12H2,1H3,(H,26,27);1H/t20-;/m1./s1.